The van der Waals surface area contributed by atoms with Crippen molar-refractivity contribution >= 4 is 35.1 Å². The predicted molar refractivity (Wildman–Crippen MR) is 82.3 cm³/mol. The number of methoxy groups -OCH3 is 1. The van der Waals surface area contributed by atoms with Crippen molar-refractivity contribution in [3.63, 3.8) is 0 Å². The first kappa shape index (κ1) is 15.8. The Balaban J connectivity index is 2.57. The van der Waals surface area contributed by atoms with Gasteiger partial charge in [-0.1, -0.05) is 40.9 Å². The number of allylic oxidation sites excluding steroid dienone is 2. The van der Waals surface area contributed by atoms with Crippen LogP contribution in [0, 0.1) is 5.92 Å². The van der Waals surface area contributed by atoms with Gasteiger partial charge in [0.25, 0.3) is 0 Å². The maximum atomic E-state index is 12.1. The van der Waals surface area contributed by atoms with E-state index in [1.165, 1.54) is 7.11 Å². The van der Waals surface area contributed by atoms with Gasteiger partial charge < -0.3 is 4.74 Å². The summed E-state index contributed by atoms with van der Waals surface area (Å²) in [6.07, 6.45) is 2.06. The molecule has 0 fully saturated rings. The van der Waals surface area contributed by atoms with Crippen LogP contribution < -0.4 is 0 Å². The molecule has 0 radical (unpaired) electrons. The van der Waals surface area contributed by atoms with E-state index in [1.807, 2.05) is 12.0 Å². The van der Waals surface area contributed by atoms with Gasteiger partial charge in [0, 0.05) is 11.5 Å². The lowest BCUT2D eigenvalue weighted by molar-refractivity contribution is -0.144. The highest BCUT2D eigenvalue weighted by Crippen LogP contribution is 2.44. The lowest BCUT2D eigenvalue weighted by atomic mass is 9.74. The van der Waals surface area contributed by atoms with Crippen molar-refractivity contribution in [1.29, 1.82) is 0 Å². The summed E-state index contributed by atoms with van der Waals surface area (Å²) in [7, 11) is 1.34. The molecular weight excluding hydrogens is 311 g/mol. The normalized spacial score (nSPS) is 21.5. The van der Waals surface area contributed by atoms with E-state index in [9.17, 15) is 9.59 Å². The van der Waals surface area contributed by atoms with Crippen LogP contribution >= 0.6 is 23.2 Å². The maximum Gasteiger partial charge on any atom is 0.313 e. The Morgan fingerprint density at radius 3 is 2.71 bits per heavy atom. The summed E-state index contributed by atoms with van der Waals surface area (Å²) in [5.41, 5.74) is 2.00. The highest BCUT2D eigenvalue weighted by molar-refractivity contribution is 6.42. The first-order chi connectivity index (χ1) is 9.99. The van der Waals surface area contributed by atoms with Crippen LogP contribution in [0.15, 0.2) is 35.4 Å². The molecule has 0 heterocycles. The minimum atomic E-state index is -0.483. The van der Waals surface area contributed by atoms with Crippen molar-refractivity contribution in [3.8, 4) is 0 Å². The number of halogens is 2. The number of hydrogen-bond acceptors (Lipinski definition) is 3. The summed E-state index contributed by atoms with van der Waals surface area (Å²) in [5, 5.41) is 0.819. The minimum Gasteiger partial charge on any atom is -0.469 e. The molecule has 0 saturated carbocycles. The van der Waals surface area contributed by atoms with Crippen molar-refractivity contribution in [1.82, 2.24) is 0 Å². The topological polar surface area (TPSA) is 43.4 Å². The third-order valence-electron chi connectivity index (χ3n) is 3.70. The number of rotatable bonds is 2. The SMILES string of the molecule is COC(=O)[C@H]1C(C)=CC(=C=O)C[C@@H]1c1cccc(Cl)c1Cl. The van der Waals surface area contributed by atoms with Gasteiger partial charge in [0.15, 0.2) is 0 Å². The number of carbonyl (C=O) groups excluding carboxylic acids is 2. The number of ether oxygens (including phenoxy) is 1. The van der Waals surface area contributed by atoms with Gasteiger partial charge in [-0.25, -0.2) is 4.79 Å². The van der Waals surface area contributed by atoms with Crippen molar-refractivity contribution in [3.05, 3.63) is 51.0 Å². The predicted octanol–water partition coefficient (Wildman–Crippen LogP) is 3.97. The van der Waals surface area contributed by atoms with Crippen molar-refractivity contribution in [2.45, 2.75) is 19.3 Å². The van der Waals surface area contributed by atoms with E-state index in [0.717, 1.165) is 11.1 Å². The van der Waals surface area contributed by atoms with E-state index < -0.39 is 5.92 Å². The van der Waals surface area contributed by atoms with Crippen molar-refractivity contribution < 1.29 is 14.3 Å². The van der Waals surface area contributed by atoms with Gasteiger partial charge in [-0.3, -0.25) is 4.79 Å². The van der Waals surface area contributed by atoms with E-state index in [4.69, 9.17) is 27.9 Å². The van der Waals surface area contributed by atoms with Gasteiger partial charge in [-0.2, -0.15) is 0 Å². The summed E-state index contributed by atoms with van der Waals surface area (Å²) in [6, 6.07) is 5.27. The highest BCUT2D eigenvalue weighted by Gasteiger charge is 2.36. The Morgan fingerprint density at radius 2 is 2.10 bits per heavy atom. The standard InChI is InChI=1S/C16H14Cl2O3/c1-9-6-10(8-19)7-12(14(9)16(20)21-2)11-4-3-5-13(17)15(11)18/h3-6,12,14H,7H2,1-2H3/t12-,14+/m1/s1. The molecule has 1 aromatic carbocycles. The molecule has 2 rings (SSSR count). The van der Waals surface area contributed by atoms with Crippen LogP contribution in [0.2, 0.25) is 10.0 Å². The molecule has 0 aromatic heterocycles. The molecule has 0 aliphatic heterocycles. The smallest absolute Gasteiger partial charge is 0.313 e. The average Bonchev–Trinajstić information content (AvgIpc) is 2.48. The largest absolute Gasteiger partial charge is 0.469 e. The summed E-state index contributed by atoms with van der Waals surface area (Å²) >= 11 is 12.3. The molecule has 0 bridgehead atoms. The molecule has 0 amide bonds. The molecule has 1 aromatic rings. The number of hydrogen-bond donors (Lipinski definition) is 0. The molecule has 2 atom stereocenters. The second-order valence-corrected chi connectivity index (χ2v) is 5.76. The molecule has 3 nitrogen and oxygen atoms in total. The second kappa shape index (κ2) is 6.48. The molecule has 1 aliphatic carbocycles. The fourth-order valence-electron chi connectivity index (χ4n) is 2.74. The van der Waals surface area contributed by atoms with Crippen LogP contribution in [0.25, 0.3) is 0 Å². The van der Waals surface area contributed by atoms with Crippen molar-refractivity contribution in [2.24, 2.45) is 5.92 Å². The summed E-state index contributed by atoms with van der Waals surface area (Å²) < 4.78 is 4.89. The molecule has 0 spiro atoms. The lowest BCUT2D eigenvalue weighted by Crippen LogP contribution is -2.28. The Hall–Kier alpha value is -1.54. The molecule has 0 N–H and O–H groups in total. The first-order valence-corrected chi connectivity index (χ1v) is 7.19. The van der Waals surface area contributed by atoms with Crippen LogP contribution in [0.1, 0.15) is 24.8 Å². The Morgan fingerprint density at radius 1 is 1.38 bits per heavy atom. The minimum absolute atomic E-state index is 0.287. The third-order valence-corrected chi connectivity index (χ3v) is 4.54. The fourth-order valence-corrected chi connectivity index (χ4v) is 3.19. The molecule has 1 aliphatic rings. The molecule has 110 valence electrons. The van der Waals surface area contributed by atoms with Crippen LogP contribution in [0.5, 0.6) is 0 Å². The quantitative estimate of drug-likeness (QED) is 0.610. The summed E-state index contributed by atoms with van der Waals surface area (Å²) in [5.74, 6) is 0.785. The number of esters is 1. The van der Waals surface area contributed by atoms with E-state index in [0.29, 0.717) is 22.0 Å². The first-order valence-electron chi connectivity index (χ1n) is 6.43. The molecular formula is C16H14Cl2O3. The van der Waals surface area contributed by atoms with E-state index >= 15 is 0 Å². The van der Waals surface area contributed by atoms with E-state index in [1.54, 1.807) is 25.1 Å². The molecule has 21 heavy (non-hydrogen) atoms. The summed E-state index contributed by atoms with van der Waals surface area (Å²) in [6.45, 7) is 1.80. The Kier molecular flexibility index (Phi) is 4.89. The maximum absolute atomic E-state index is 12.1. The zero-order valence-electron chi connectivity index (χ0n) is 11.7. The van der Waals surface area contributed by atoms with Gasteiger partial charge in [-0.15, -0.1) is 0 Å². The second-order valence-electron chi connectivity index (χ2n) is 4.97. The highest BCUT2D eigenvalue weighted by atomic mass is 35.5. The van der Waals surface area contributed by atoms with E-state index in [2.05, 4.69) is 0 Å². The van der Waals surface area contributed by atoms with Crippen LogP contribution in [-0.4, -0.2) is 19.0 Å². The van der Waals surface area contributed by atoms with Gasteiger partial charge >= 0.3 is 5.97 Å². The van der Waals surface area contributed by atoms with Crippen molar-refractivity contribution in [2.75, 3.05) is 7.11 Å². The van der Waals surface area contributed by atoms with Gasteiger partial charge in [0.05, 0.1) is 23.1 Å². The third kappa shape index (κ3) is 3.06. The Bertz CT molecular complexity index is 657. The molecule has 0 unspecified atom stereocenters. The molecule has 0 saturated heterocycles. The zero-order chi connectivity index (χ0) is 15.6. The van der Waals surface area contributed by atoms with Crippen LogP contribution in [0.4, 0.5) is 0 Å². The van der Waals surface area contributed by atoms with Gasteiger partial charge in [0.2, 0.25) is 0 Å². The summed E-state index contributed by atoms with van der Waals surface area (Å²) in [4.78, 5) is 23.1. The zero-order valence-corrected chi connectivity index (χ0v) is 13.2. The molecule has 5 heteroatoms. The van der Waals surface area contributed by atoms with Gasteiger partial charge in [-0.05, 0) is 31.1 Å². The van der Waals surface area contributed by atoms with Crippen LogP contribution in [0.3, 0.4) is 0 Å². The number of benzene rings is 1. The fraction of sp³-hybridized carbons (Fsp3) is 0.312. The van der Waals surface area contributed by atoms with Crippen LogP contribution in [-0.2, 0) is 14.3 Å². The average molecular weight is 325 g/mol. The lowest BCUT2D eigenvalue weighted by Gasteiger charge is -2.30. The number of carbonyl (C=O) groups is 1. The van der Waals surface area contributed by atoms with Gasteiger partial charge in [0.1, 0.15) is 5.94 Å². The monoisotopic (exact) mass is 324 g/mol. The van der Waals surface area contributed by atoms with E-state index in [-0.39, 0.29) is 11.9 Å². The Labute approximate surface area is 133 Å².